The lowest BCUT2D eigenvalue weighted by Gasteiger charge is -2.31. The van der Waals surface area contributed by atoms with Gasteiger partial charge in [-0.1, -0.05) is 40.0 Å². The number of rotatable bonds is 2. The molecule has 19 heavy (non-hydrogen) atoms. The Morgan fingerprint density at radius 1 is 1.05 bits per heavy atom. The van der Waals surface area contributed by atoms with Gasteiger partial charge in [-0.15, -0.1) is 0 Å². The van der Waals surface area contributed by atoms with Crippen LogP contribution in [-0.4, -0.2) is 24.0 Å². The lowest BCUT2D eigenvalue weighted by atomic mass is 9.91. The van der Waals surface area contributed by atoms with Crippen molar-refractivity contribution < 1.29 is 14.3 Å². The Labute approximate surface area is 116 Å². The van der Waals surface area contributed by atoms with Gasteiger partial charge in [-0.3, -0.25) is 9.59 Å². The number of hydrogen-bond donors (Lipinski definition) is 1. The minimum atomic E-state index is -0.414. The van der Waals surface area contributed by atoms with Gasteiger partial charge in [0.1, 0.15) is 6.10 Å². The van der Waals surface area contributed by atoms with Gasteiger partial charge in [0.15, 0.2) is 0 Å². The molecule has 1 aliphatic carbocycles. The second-order valence-corrected chi connectivity index (χ2v) is 6.47. The molecule has 2 atom stereocenters. The zero-order chi connectivity index (χ0) is 14.5. The molecule has 0 aromatic rings. The monoisotopic (exact) mass is 269 g/mol. The van der Waals surface area contributed by atoms with E-state index in [2.05, 4.69) is 5.32 Å². The van der Waals surface area contributed by atoms with Crippen LogP contribution in [0, 0.1) is 5.41 Å². The maximum Gasteiger partial charge on any atom is 0.302 e. The SMILES string of the molecule is CC(=O)O[C@H]1CCCCCC[C@@H]1NC(=O)C(C)(C)C. The zero-order valence-electron chi connectivity index (χ0n) is 12.6. The summed E-state index contributed by atoms with van der Waals surface area (Å²) in [5.74, 6) is -0.240. The van der Waals surface area contributed by atoms with Crippen LogP contribution in [0.3, 0.4) is 0 Å². The van der Waals surface area contributed by atoms with Gasteiger partial charge in [0.05, 0.1) is 6.04 Å². The van der Waals surface area contributed by atoms with Crippen LogP contribution in [0.1, 0.15) is 66.2 Å². The van der Waals surface area contributed by atoms with Crippen molar-refractivity contribution in [1.29, 1.82) is 0 Å². The molecule has 1 fully saturated rings. The first kappa shape index (κ1) is 16.0. The Morgan fingerprint density at radius 2 is 1.63 bits per heavy atom. The lowest BCUT2D eigenvalue weighted by molar-refractivity contribution is -0.150. The van der Waals surface area contributed by atoms with Crippen LogP contribution in [0.2, 0.25) is 0 Å². The largest absolute Gasteiger partial charge is 0.460 e. The van der Waals surface area contributed by atoms with Crippen LogP contribution in [-0.2, 0) is 14.3 Å². The van der Waals surface area contributed by atoms with Gasteiger partial charge in [-0.25, -0.2) is 0 Å². The highest BCUT2D eigenvalue weighted by atomic mass is 16.5. The number of nitrogens with one attached hydrogen (secondary N) is 1. The third kappa shape index (κ3) is 5.62. The molecular formula is C15H27NO3. The van der Waals surface area contributed by atoms with Crippen molar-refractivity contribution in [3.05, 3.63) is 0 Å². The summed E-state index contributed by atoms with van der Waals surface area (Å²) in [6.07, 6.45) is 6.05. The molecule has 1 N–H and O–H groups in total. The van der Waals surface area contributed by atoms with Crippen molar-refractivity contribution >= 4 is 11.9 Å². The van der Waals surface area contributed by atoms with Gasteiger partial charge >= 0.3 is 5.97 Å². The average molecular weight is 269 g/mol. The van der Waals surface area contributed by atoms with E-state index in [0.717, 1.165) is 25.7 Å². The molecule has 0 aromatic carbocycles. The van der Waals surface area contributed by atoms with Crippen molar-refractivity contribution in [1.82, 2.24) is 5.32 Å². The Bertz CT molecular complexity index is 320. The Hall–Kier alpha value is -1.06. The fourth-order valence-corrected chi connectivity index (χ4v) is 2.35. The predicted octanol–water partition coefficient (Wildman–Crippen LogP) is 2.80. The number of hydrogen-bond acceptors (Lipinski definition) is 3. The zero-order valence-corrected chi connectivity index (χ0v) is 12.6. The van der Waals surface area contributed by atoms with E-state index < -0.39 is 5.41 Å². The van der Waals surface area contributed by atoms with Crippen molar-refractivity contribution in [2.75, 3.05) is 0 Å². The summed E-state index contributed by atoms with van der Waals surface area (Å²) in [5, 5.41) is 3.07. The molecular weight excluding hydrogens is 242 g/mol. The molecule has 0 radical (unpaired) electrons. The van der Waals surface area contributed by atoms with Crippen LogP contribution in [0.5, 0.6) is 0 Å². The topological polar surface area (TPSA) is 55.4 Å². The predicted molar refractivity (Wildman–Crippen MR) is 74.6 cm³/mol. The molecule has 0 spiro atoms. The molecule has 0 bridgehead atoms. The molecule has 0 saturated heterocycles. The average Bonchev–Trinajstić information content (AvgIpc) is 2.25. The molecule has 0 unspecified atom stereocenters. The maximum atomic E-state index is 12.1. The number of carbonyl (C=O) groups excluding carboxylic acids is 2. The highest BCUT2D eigenvalue weighted by Crippen LogP contribution is 2.22. The standard InChI is InChI=1S/C15H27NO3/c1-11(17)19-13-10-8-6-5-7-9-12(13)16-14(18)15(2,3)4/h12-13H,5-10H2,1-4H3,(H,16,18)/t12-,13-/m0/s1. The molecule has 4 heteroatoms. The number of carbonyl (C=O) groups is 2. The smallest absolute Gasteiger partial charge is 0.302 e. The van der Waals surface area contributed by atoms with Gasteiger partial charge in [-0.05, 0) is 19.3 Å². The third-order valence-corrected chi connectivity index (χ3v) is 3.52. The van der Waals surface area contributed by atoms with Crippen molar-refractivity contribution in [2.45, 2.75) is 78.4 Å². The van der Waals surface area contributed by atoms with Gasteiger partial charge in [-0.2, -0.15) is 0 Å². The fraction of sp³-hybridized carbons (Fsp3) is 0.867. The van der Waals surface area contributed by atoms with Crippen LogP contribution in [0.15, 0.2) is 0 Å². The van der Waals surface area contributed by atoms with E-state index >= 15 is 0 Å². The quantitative estimate of drug-likeness (QED) is 0.784. The first-order valence-corrected chi connectivity index (χ1v) is 7.29. The molecule has 0 aliphatic heterocycles. The molecule has 1 aliphatic rings. The van der Waals surface area contributed by atoms with Crippen LogP contribution in [0.25, 0.3) is 0 Å². The second kappa shape index (κ2) is 6.92. The van der Waals surface area contributed by atoms with E-state index in [1.807, 2.05) is 20.8 Å². The van der Waals surface area contributed by atoms with Crippen LogP contribution < -0.4 is 5.32 Å². The van der Waals surface area contributed by atoms with Gasteiger partial charge in [0, 0.05) is 12.3 Å². The first-order chi connectivity index (χ1) is 8.80. The fourth-order valence-electron chi connectivity index (χ4n) is 2.35. The molecule has 1 amide bonds. The van der Waals surface area contributed by atoms with E-state index in [1.54, 1.807) is 0 Å². The third-order valence-electron chi connectivity index (χ3n) is 3.52. The minimum absolute atomic E-state index is 0.0234. The summed E-state index contributed by atoms with van der Waals surface area (Å²) in [7, 11) is 0. The molecule has 0 aromatic heterocycles. The first-order valence-electron chi connectivity index (χ1n) is 7.29. The summed E-state index contributed by atoms with van der Waals surface area (Å²) >= 11 is 0. The van der Waals surface area contributed by atoms with Gasteiger partial charge in [0.25, 0.3) is 0 Å². The Kier molecular flexibility index (Phi) is 5.83. The van der Waals surface area contributed by atoms with E-state index in [4.69, 9.17) is 4.74 Å². The van der Waals surface area contributed by atoms with Crippen molar-refractivity contribution in [2.24, 2.45) is 5.41 Å². The Morgan fingerprint density at radius 3 is 2.16 bits per heavy atom. The van der Waals surface area contributed by atoms with Gasteiger partial charge < -0.3 is 10.1 Å². The van der Waals surface area contributed by atoms with E-state index in [-0.39, 0.29) is 24.0 Å². The van der Waals surface area contributed by atoms with Gasteiger partial charge in [0.2, 0.25) is 5.91 Å². The number of amides is 1. The highest BCUT2D eigenvalue weighted by molar-refractivity contribution is 5.81. The number of ether oxygens (including phenoxy) is 1. The van der Waals surface area contributed by atoms with E-state index in [9.17, 15) is 9.59 Å². The molecule has 1 rings (SSSR count). The normalized spacial score (nSPS) is 25.1. The van der Waals surface area contributed by atoms with E-state index in [1.165, 1.54) is 19.8 Å². The summed E-state index contributed by atoms with van der Waals surface area (Å²) in [4.78, 5) is 23.3. The summed E-state index contributed by atoms with van der Waals surface area (Å²) in [6, 6.07) is -0.0454. The molecule has 0 heterocycles. The molecule has 110 valence electrons. The second-order valence-electron chi connectivity index (χ2n) is 6.47. The lowest BCUT2D eigenvalue weighted by Crippen LogP contribution is -2.49. The van der Waals surface area contributed by atoms with Crippen molar-refractivity contribution in [3.63, 3.8) is 0 Å². The summed E-state index contributed by atoms with van der Waals surface area (Å²) < 4.78 is 5.40. The highest BCUT2D eigenvalue weighted by Gasteiger charge is 2.30. The van der Waals surface area contributed by atoms with Crippen LogP contribution in [0.4, 0.5) is 0 Å². The minimum Gasteiger partial charge on any atom is -0.460 e. The number of esters is 1. The van der Waals surface area contributed by atoms with E-state index in [0.29, 0.717) is 0 Å². The van der Waals surface area contributed by atoms with Crippen LogP contribution >= 0.6 is 0 Å². The molecule has 1 saturated carbocycles. The maximum absolute atomic E-state index is 12.1. The molecule has 4 nitrogen and oxygen atoms in total. The van der Waals surface area contributed by atoms with Crippen molar-refractivity contribution in [3.8, 4) is 0 Å². The summed E-state index contributed by atoms with van der Waals surface area (Å²) in [6.45, 7) is 7.12. The summed E-state index contributed by atoms with van der Waals surface area (Å²) in [5.41, 5.74) is -0.414. The Balaban J connectivity index is 2.70.